The maximum absolute atomic E-state index is 2.57. The molecular weight excluding hydrogens is 723 g/mol. The quantitative estimate of drug-likeness (QED) is 0.162. The molecule has 2 nitrogen and oxygen atoms in total. The van der Waals surface area contributed by atoms with Gasteiger partial charge in [-0.1, -0.05) is 179 Å². The molecule has 0 aliphatic carbocycles. The lowest BCUT2D eigenvalue weighted by atomic mass is 9.29. The Morgan fingerprint density at radius 2 is 1.07 bits per heavy atom. The third-order valence-electron chi connectivity index (χ3n) is 13.7. The number of rotatable bonds is 3. The molecular formula is C57H57BN2. The lowest BCUT2D eigenvalue weighted by Crippen LogP contribution is -2.64. The van der Waals surface area contributed by atoms with Crippen molar-refractivity contribution in [2.24, 2.45) is 0 Å². The summed E-state index contributed by atoms with van der Waals surface area (Å²) in [6, 6.07) is 55.7. The molecule has 0 saturated heterocycles. The van der Waals surface area contributed by atoms with E-state index in [0.29, 0.717) is 0 Å². The van der Waals surface area contributed by atoms with Crippen LogP contribution in [-0.2, 0) is 21.7 Å². The molecule has 0 atom stereocenters. The first kappa shape index (κ1) is 38.4. The van der Waals surface area contributed by atoms with E-state index in [2.05, 4.69) is 231 Å². The van der Waals surface area contributed by atoms with E-state index in [-0.39, 0.29) is 28.4 Å². The zero-order chi connectivity index (χ0) is 42.1. The average molecular weight is 781 g/mol. The Labute approximate surface area is 358 Å². The lowest BCUT2D eigenvalue weighted by Gasteiger charge is -2.48. The van der Waals surface area contributed by atoms with Crippen LogP contribution in [-0.4, -0.2) is 11.3 Å². The number of benzene rings is 7. The second-order valence-electron chi connectivity index (χ2n) is 21.1. The third kappa shape index (κ3) is 5.83. The van der Waals surface area contributed by atoms with E-state index in [4.69, 9.17) is 0 Å². The van der Waals surface area contributed by atoms with Crippen molar-refractivity contribution in [3.63, 3.8) is 0 Å². The summed E-state index contributed by atoms with van der Waals surface area (Å²) in [4.78, 5) is 2.57. The fourth-order valence-corrected chi connectivity index (χ4v) is 10.6. The Balaban J connectivity index is 1.22. The summed E-state index contributed by atoms with van der Waals surface area (Å²) in [5.41, 5.74) is 21.0. The Morgan fingerprint density at radius 3 is 1.70 bits per heavy atom. The van der Waals surface area contributed by atoms with E-state index >= 15 is 0 Å². The zero-order valence-corrected chi connectivity index (χ0v) is 37.3. The molecule has 2 aliphatic heterocycles. The number of hydrogen-bond donors (Lipinski definition) is 0. The Hall–Kier alpha value is -5.80. The third-order valence-corrected chi connectivity index (χ3v) is 13.7. The van der Waals surface area contributed by atoms with Crippen molar-refractivity contribution in [3.05, 3.63) is 173 Å². The summed E-state index contributed by atoms with van der Waals surface area (Å²) in [7, 11) is 0. The van der Waals surface area contributed by atoms with Gasteiger partial charge in [-0.05, 0) is 115 Å². The lowest BCUT2D eigenvalue weighted by molar-refractivity contribution is 0.552. The van der Waals surface area contributed by atoms with Gasteiger partial charge < -0.3 is 9.47 Å². The molecule has 1 aromatic heterocycles. The second-order valence-corrected chi connectivity index (χ2v) is 21.1. The van der Waals surface area contributed by atoms with Gasteiger partial charge in [0.25, 0.3) is 0 Å². The molecule has 0 amide bonds. The second kappa shape index (κ2) is 13.1. The standard InChI is InChI=1S/C57H57BN2/c1-54(2,3)38-24-27-40(28-25-38)59-50-31-26-39(55(4,5)6)35-47(50)58-46-34-37(23-29-44(46)57(10,11)52-45(56(7,8)9)30-32-51(59)53(52)58)36-17-16-18-41(33-36)60-48-21-14-12-19-42(48)43-20-13-15-22-49(43)60/h12-35H,1-11H3. The van der Waals surface area contributed by atoms with Gasteiger partial charge in [-0.15, -0.1) is 0 Å². The van der Waals surface area contributed by atoms with Crippen molar-refractivity contribution in [3.8, 4) is 16.8 Å². The molecule has 0 spiro atoms. The fourth-order valence-electron chi connectivity index (χ4n) is 10.6. The maximum atomic E-state index is 2.57. The summed E-state index contributed by atoms with van der Waals surface area (Å²) in [5, 5.41) is 2.56. The fraction of sp³-hybridized carbons (Fsp3) is 0.263. The van der Waals surface area contributed by atoms with Gasteiger partial charge in [-0.2, -0.15) is 0 Å². The van der Waals surface area contributed by atoms with Crippen molar-refractivity contribution in [2.75, 3.05) is 4.90 Å². The average Bonchev–Trinajstić information content (AvgIpc) is 3.55. The smallest absolute Gasteiger partial charge is 0.247 e. The summed E-state index contributed by atoms with van der Waals surface area (Å²) in [6.45, 7) is 26.1. The molecule has 0 fully saturated rings. The molecule has 298 valence electrons. The monoisotopic (exact) mass is 780 g/mol. The predicted octanol–water partition coefficient (Wildman–Crippen LogP) is 13.3. The van der Waals surface area contributed by atoms with Crippen molar-refractivity contribution in [2.45, 2.75) is 97.8 Å². The van der Waals surface area contributed by atoms with Gasteiger partial charge in [0.2, 0.25) is 6.71 Å². The largest absolute Gasteiger partial charge is 0.312 e. The molecule has 0 radical (unpaired) electrons. The Morgan fingerprint density at radius 1 is 0.467 bits per heavy atom. The molecule has 10 rings (SSSR count). The highest BCUT2D eigenvalue weighted by molar-refractivity contribution is 6.99. The number of anilines is 3. The van der Waals surface area contributed by atoms with E-state index in [1.807, 2.05) is 0 Å². The summed E-state index contributed by atoms with van der Waals surface area (Å²) >= 11 is 0. The summed E-state index contributed by atoms with van der Waals surface area (Å²) in [6.07, 6.45) is 0. The molecule has 0 unspecified atom stereocenters. The number of fused-ring (bicyclic) bond motifs is 7. The van der Waals surface area contributed by atoms with Crippen LogP contribution in [0, 0.1) is 0 Å². The molecule has 0 bridgehead atoms. The highest BCUT2D eigenvalue weighted by atomic mass is 15.2. The van der Waals surface area contributed by atoms with E-state index in [1.54, 1.807) is 0 Å². The first-order valence-corrected chi connectivity index (χ1v) is 21.9. The number of aromatic nitrogens is 1. The molecule has 8 aromatic rings. The number of nitrogens with zero attached hydrogens (tertiary/aromatic N) is 2. The van der Waals surface area contributed by atoms with Crippen LogP contribution in [0.25, 0.3) is 38.6 Å². The maximum Gasteiger partial charge on any atom is 0.247 e. The van der Waals surface area contributed by atoms with Gasteiger partial charge in [0, 0.05) is 38.9 Å². The topological polar surface area (TPSA) is 8.17 Å². The van der Waals surface area contributed by atoms with Crippen molar-refractivity contribution in [1.82, 2.24) is 4.57 Å². The normalized spacial score (nSPS) is 14.7. The van der Waals surface area contributed by atoms with Crippen LogP contribution < -0.4 is 21.3 Å². The minimum Gasteiger partial charge on any atom is -0.312 e. The predicted molar refractivity (Wildman–Crippen MR) is 260 cm³/mol. The summed E-state index contributed by atoms with van der Waals surface area (Å²) in [5.74, 6) is 0. The van der Waals surface area contributed by atoms with Crippen molar-refractivity contribution < 1.29 is 0 Å². The van der Waals surface area contributed by atoms with Crippen LogP contribution in [0.3, 0.4) is 0 Å². The Kier molecular flexibility index (Phi) is 8.39. The molecule has 7 aromatic carbocycles. The SMILES string of the molecule is CC(C)(C)c1ccc(N2c3ccc(C(C)(C)C)cc3B3c4cc(-c5cccc(-n6c7ccccc7c7ccccc76)c5)ccc4C(C)(C)c4c(C(C)(C)C)ccc2c43)cc1. The van der Waals surface area contributed by atoms with E-state index in [0.717, 1.165) is 0 Å². The van der Waals surface area contributed by atoms with Crippen LogP contribution in [0.1, 0.15) is 104 Å². The van der Waals surface area contributed by atoms with Crippen molar-refractivity contribution in [1.29, 1.82) is 0 Å². The van der Waals surface area contributed by atoms with Gasteiger partial charge in [0.15, 0.2) is 0 Å². The van der Waals surface area contributed by atoms with Crippen LogP contribution in [0.2, 0.25) is 0 Å². The zero-order valence-electron chi connectivity index (χ0n) is 37.3. The van der Waals surface area contributed by atoms with Crippen LogP contribution in [0.5, 0.6) is 0 Å². The highest BCUT2D eigenvalue weighted by Crippen LogP contribution is 2.47. The summed E-state index contributed by atoms with van der Waals surface area (Å²) < 4.78 is 2.43. The van der Waals surface area contributed by atoms with Crippen molar-refractivity contribution >= 4 is 62.0 Å². The first-order valence-electron chi connectivity index (χ1n) is 21.9. The number of para-hydroxylation sites is 2. The highest BCUT2D eigenvalue weighted by Gasteiger charge is 2.48. The van der Waals surface area contributed by atoms with Gasteiger partial charge >= 0.3 is 0 Å². The van der Waals surface area contributed by atoms with E-state index in [1.165, 1.54) is 99.9 Å². The Bertz CT molecular complexity index is 2960. The molecule has 0 saturated carbocycles. The molecule has 3 heterocycles. The molecule has 2 aliphatic rings. The van der Waals surface area contributed by atoms with Gasteiger partial charge in [-0.3, -0.25) is 0 Å². The van der Waals surface area contributed by atoms with Gasteiger partial charge in [-0.25, -0.2) is 0 Å². The van der Waals surface area contributed by atoms with Gasteiger partial charge in [0.1, 0.15) is 0 Å². The molecule has 3 heteroatoms. The van der Waals surface area contributed by atoms with E-state index < -0.39 is 0 Å². The minimum atomic E-state index is -0.232. The molecule has 60 heavy (non-hydrogen) atoms. The van der Waals surface area contributed by atoms with Crippen LogP contribution in [0.15, 0.2) is 146 Å². The van der Waals surface area contributed by atoms with Crippen LogP contribution in [0.4, 0.5) is 17.1 Å². The van der Waals surface area contributed by atoms with E-state index in [9.17, 15) is 0 Å². The number of hydrogen-bond acceptors (Lipinski definition) is 1. The molecule has 0 N–H and O–H groups in total. The van der Waals surface area contributed by atoms with Crippen LogP contribution >= 0.6 is 0 Å². The minimum absolute atomic E-state index is 0.00353. The van der Waals surface area contributed by atoms with Gasteiger partial charge in [0.05, 0.1) is 11.0 Å². The first-order chi connectivity index (χ1) is 28.4.